The number of rotatable bonds is 5. The van der Waals surface area contributed by atoms with Crippen LogP contribution in [0.1, 0.15) is 22.8 Å². The minimum atomic E-state index is -0.114. The number of hydrogen-bond acceptors (Lipinski definition) is 2. The van der Waals surface area contributed by atoms with E-state index in [1.165, 1.54) is 0 Å². The van der Waals surface area contributed by atoms with Gasteiger partial charge in [-0.05, 0) is 24.1 Å². The largest absolute Gasteiger partial charge is 0.337 e. The van der Waals surface area contributed by atoms with Gasteiger partial charge in [0.25, 0.3) is 0 Å². The van der Waals surface area contributed by atoms with Crippen LogP contribution in [0.25, 0.3) is 10.9 Å². The molecule has 0 fully saturated rings. The van der Waals surface area contributed by atoms with Crippen molar-refractivity contribution >= 4 is 28.8 Å². The molecule has 0 radical (unpaired) electrons. The molecule has 1 aromatic heterocycles. The van der Waals surface area contributed by atoms with Gasteiger partial charge in [-0.15, -0.1) is 0 Å². The van der Waals surface area contributed by atoms with Crippen LogP contribution in [0.3, 0.4) is 0 Å². The first-order valence-corrected chi connectivity index (χ1v) is 7.63. The van der Waals surface area contributed by atoms with E-state index in [-0.39, 0.29) is 12.5 Å². The average molecular weight is 306 g/mol. The van der Waals surface area contributed by atoms with Gasteiger partial charge in [0.2, 0.25) is 5.91 Å². The van der Waals surface area contributed by atoms with Gasteiger partial charge in [-0.1, -0.05) is 43.3 Å². The molecule has 23 heavy (non-hydrogen) atoms. The second kappa shape index (κ2) is 6.48. The van der Waals surface area contributed by atoms with E-state index in [1.54, 1.807) is 6.20 Å². The normalized spacial score (nSPS) is 10.7. The van der Waals surface area contributed by atoms with Gasteiger partial charge < -0.3 is 9.88 Å². The second-order valence-corrected chi connectivity index (χ2v) is 5.41. The summed E-state index contributed by atoms with van der Waals surface area (Å²) in [4.78, 5) is 23.6. The molecule has 0 saturated carbocycles. The third kappa shape index (κ3) is 3.01. The number of benzene rings is 2. The SMILES string of the molecule is CCc1cccc2c(C=O)cn(CC(=O)Nc3ccccc3)c12. The minimum Gasteiger partial charge on any atom is -0.337 e. The number of aromatic nitrogens is 1. The highest BCUT2D eigenvalue weighted by Gasteiger charge is 2.13. The molecule has 3 aromatic rings. The zero-order chi connectivity index (χ0) is 16.2. The Labute approximate surface area is 134 Å². The fourth-order valence-corrected chi connectivity index (χ4v) is 2.85. The number of carbonyl (C=O) groups is 2. The number of fused-ring (bicyclic) bond motifs is 1. The molecule has 4 nitrogen and oxygen atoms in total. The van der Waals surface area contributed by atoms with E-state index in [0.717, 1.165) is 34.9 Å². The first-order valence-electron chi connectivity index (χ1n) is 7.63. The van der Waals surface area contributed by atoms with Crippen molar-refractivity contribution in [3.05, 3.63) is 65.9 Å². The molecule has 116 valence electrons. The molecule has 0 saturated heterocycles. The predicted octanol–water partition coefficient (Wildman–Crippen LogP) is 3.65. The fraction of sp³-hybridized carbons (Fsp3) is 0.158. The van der Waals surface area contributed by atoms with E-state index in [1.807, 2.05) is 53.1 Å². The summed E-state index contributed by atoms with van der Waals surface area (Å²) in [6.07, 6.45) is 3.44. The van der Waals surface area contributed by atoms with Gasteiger partial charge in [0.1, 0.15) is 6.54 Å². The summed E-state index contributed by atoms with van der Waals surface area (Å²) in [7, 11) is 0. The lowest BCUT2D eigenvalue weighted by molar-refractivity contribution is -0.116. The van der Waals surface area contributed by atoms with Crippen molar-refractivity contribution in [2.24, 2.45) is 0 Å². The summed E-state index contributed by atoms with van der Waals surface area (Å²) < 4.78 is 1.86. The second-order valence-electron chi connectivity index (χ2n) is 5.41. The van der Waals surface area contributed by atoms with Gasteiger partial charge in [-0.2, -0.15) is 0 Å². The van der Waals surface area contributed by atoms with Crippen LogP contribution in [-0.2, 0) is 17.8 Å². The Bertz CT molecular complexity index is 850. The lowest BCUT2D eigenvalue weighted by Gasteiger charge is -2.09. The number of aldehydes is 1. The predicted molar refractivity (Wildman–Crippen MR) is 91.8 cm³/mol. The van der Waals surface area contributed by atoms with E-state index in [9.17, 15) is 9.59 Å². The number of anilines is 1. The maximum atomic E-state index is 12.3. The summed E-state index contributed by atoms with van der Waals surface area (Å²) in [5.74, 6) is -0.114. The van der Waals surface area contributed by atoms with Gasteiger partial charge >= 0.3 is 0 Å². The molecule has 0 spiro atoms. The Morgan fingerprint density at radius 3 is 2.61 bits per heavy atom. The number of amides is 1. The fourth-order valence-electron chi connectivity index (χ4n) is 2.85. The highest BCUT2D eigenvalue weighted by molar-refractivity contribution is 6.00. The zero-order valence-electron chi connectivity index (χ0n) is 13.0. The van der Waals surface area contributed by atoms with Crippen LogP contribution in [0.15, 0.2) is 54.7 Å². The third-order valence-electron chi connectivity index (χ3n) is 3.89. The first-order chi connectivity index (χ1) is 11.2. The summed E-state index contributed by atoms with van der Waals surface area (Å²) >= 11 is 0. The van der Waals surface area contributed by atoms with Gasteiger partial charge in [-0.25, -0.2) is 0 Å². The lowest BCUT2D eigenvalue weighted by Crippen LogP contribution is -2.18. The standard InChI is InChI=1S/C19H18N2O2/c1-2-14-7-6-10-17-15(13-22)11-21(19(14)17)12-18(23)20-16-8-4-3-5-9-16/h3-11,13H,2,12H2,1H3,(H,20,23). The van der Waals surface area contributed by atoms with Crippen molar-refractivity contribution in [2.45, 2.75) is 19.9 Å². The monoisotopic (exact) mass is 306 g/mol. The van der Waals surface area contributed by atoms with Crippen LogP contribution in [0, 0.1) is 0 Å². The van der Waals surface area contributed by atoms with Gasteiger partial charge in [-0.3, -0.25) is 9.59 Å². The molecule has 0 aliphatic carbocycles. The molecular formula is C19H18N2O2. The molecule has 0 aliphatic heterocycles. The number of aryl methyl sites for hydroxylation is 1. The van der Waals surface area contributed by atoms with Gasteiger partial charge in [0.15, 0.2) is 6.29 Å². The van der Waals surface area contributed by atoms with Crippen molar-refractivity contribution < 1.29 is 9.59 Å². The third-order valence-corrected chi connectivity index (χ3v) is 3.89. The van der Waals surface area contributed by atoms with Crippen molar-refractivity contribution in [2.75, 3.05) is 5.32 Å². The summed E-state index contributed by atoms with van der Waals surface area (Å²) in [5, 5.41) is 3.77. The first kappa shape index (κ1) is 15.0. The van der Waals surface area contributed by atoms with Crippen molar-refractivity contribution in [3.63, 3.8) is 0 Å². The number of para-hydroxylation sites is 2. The molecule has 0 bridgehead atoms. The molecule has 2 aromatic carbocycles. The highest BCUT2D eigenvalue weighted by atomic mass is 16.2. The van der Waals surface area contributed by atoms with Crippen LogP contribution >= 0.6 is 0 Å². The summed E-state index contributed by atoms with van der Waals surface area (Å²) in [6, 6.07) is 15.2. The van der Waals surface area contributed by atoms with Crippen molar-refractivity contribution in [1.29, 1.82) is 0 Å². The molecule has 1 N–H and O–H groups in total. The Kier molecular flexibility index (Phi) is 4.24. The maximum absolute atomic E-state index is 12.3. The Hall–Kier alpha value is -2.88. The zero-order valence-corrected chi connectivity index (χ0v) is 13.0. The smallest absolute Gasteiger partial charge is 0.244 e. The van der Waals surface area contributed by atoms with Crippen LogP contribution in [-0.4, -0.2) is 16.8 Å². The van der Waals surface area contributed by atoms with Crippen LogP contribution in [0.2, 0.25) is 0 Å². The van der Waals surface area contributed by atoms with E-state index in [0.29, 0.717) is 5.56 Å². The highest BCUT2D eigenvalue weighted by Crippen LogP contribution is 2.24. The van der Waals surface area contributed by atoms with Crippen LogP contribution < -0.4 is 5.32 Å². The van der Waals surface area contributed by atoms with Crippen molar-refractivity contribution in [3.8, 4) is 0 Å². The van der Waals surface area contributed by atoms with E-state index >= 15 is 0 Å². The van der Waals surface area contributed by atoms with E-state index in [4.69, 9.17) is 0 Å². The van der Waals surface area contributed by atoms with Gasteiger partial charge in [0, 0.05) is 22.8 Å². The van der Waals surface area contributed by atoms with Crippen molar-refractivity contribution in [1.82, 2.24) is 4.57 Å². The quantitative estimate of drug-likeness (QED) is 0.731. The molecule has 0 atom stereocenters. The van der Waals surface area contributed by atoms with Gasteiger partial charge in [0.05, 0.1) is 5.52 Å². The Balaban J connectivity index is 1.93. The number of nitrogens with zero attached hydrogens (tertiary/aromatic N) is 1. The van der Waals surface area contributed by atoms with E-state index in [2.05, 4.69) is 12.2 Å². The number of hydrogen-bond donors (Lipinski definition) is 1. The van der Waals surface area contributed by atoms with Crippen LogP contribution in [0.4, 0.5) is 5.69 Å². The molecule has 1 amide bonds. The van der Waals surface area contributed by atoms with Crippen LogP contribution in [0.5, 0.6) is 0 Å². The van der Waals surface area contributed by atoms with E-state index < -0.39 is 0 Å². The molecule has 0 aliphatic rings. The topological polar surface area (TPSA) is 51.1 Å². The summed E-state index contributed by atoms with van der Waals surface area (Å²) in [6.45, 7) is 2.24. The minimum absolute atomic E-state index is 0.114. The summed E-state index contributed by atoms with van der Waals surface area (Å²) in [5.41, 5.74) is 3.46. The Morgan fingerprint density at radius 1 is 1.13 bits per heavy atom. The molecule has 3 rings (SSSR count). The number of nitrogens with one attached hydrogen (secondary N) is 1. The average Bonchev–Trinajstić information content (AvgIpc) is 2.93. The maximum Gasteiger partial charge on any atom is 0.244 e. The Morgan fingerprint density at radius 2 is 1.91 bits per heavy atom. The molecular weight excluding hydrogens is 288 g/mol. The number of carbonyl (C=O) groups excluding carboxylic acids is 2. The molecule has 4 heteroatoms. The molecule has 0 unspecified atom stereocenters. The molecule has 1 heterocycles. The lowest BCUT2D eigenvalue weighted by atomic mass is 10.1.